The molecule has 29 heavy (non-hydrogen) atoms. The molecule has 3 aromatic rings. The van der Waals surface area contributed by atoms with Crippen molar-refractivity contribution in [1.29, 1.82) is 0 Å². The Bertz CT molecular complexity index is 1120. The van der Waals surface area contributed by atoms with Gasteiger partial charge in [0.2, 0.25) is 10.0 Å². The van der Waals surface area contributed by atoms with E-state index in [1.165, 1.54) is 43.6 Å². The van der Waals surface area contributed by atoms with E-state index in [1.54, 1.807) is 6.07 Å². The molecule has 3 rings (SSSR count). The summed E-state index contributed by atoms with van der Waals surface area (Å²) in [5, 5.41) is 0.337. The van der Waals surface area contributed by atoms with Crippen LogP contribution in [0.3, 0.4) is 0 Å². The molecule has 0 N–H and O–H groups in total. The van der Waals surface area contributed by atoms with Gasteiger partial charge < -0.3 is 4.42 Å². The lowest BCUT2D eigenvalue weighted by Crippen LogP contribution is -2.22. The van der Waals surface area contributed by atoms with Gasteiger partial charge >= 0.3 is 0 Å². The third kappa shape index (κ3) is 4.71. The SMILES string of the molecule is CCC(C)c1ccc(C(=O)CSc2nc3cc(S(=O)(=O)N(C)C)ccc3o2)cc1. The predicted octanol–water partition coefficient (Wildman–Crippen LogP) is 4.57. The van der Waals surface area contributed by atoms with Gasteiger partial charge in [0.05, 0.1) is 10.6 Å². The average molecular weight is 433 g/mol. The highest BCUT2D eigenvalue weighted by Crippen LogP contribution is 2.27. The zero-order valence-electron chi connectivity index (χ0n) is 16.9. The highest BCUT2D eigenvalue weighted by atomic mass is 32.2. The van der Waals surface area contributed by atoms with Crippen molar-refractivity contribution in [2.45, 2.75) is 36.3 Å². The molecule has 0 fully saturated rings. The van der Waals surface area contributed by atoms with E-state index in [1.807, 2.05) is 24.3 Å². The molecule has 2 aromatic carbocycles. The Hall–Kier alpha value is -2.16. The van der Waals surface area contributed by atoms with Gasteiger partial charge in [0.1, 0.15) is 5.52 Å². The van der Waals surface area contributed by atoms with E-state index >= 15 is 0 Å². The van der Waals surface area contributed by atoms with Crippen molar-refractivity contribution >= 4 is 38.7 Å². The van der Waals surface area contributed by atoms with Crippen LogP contribution >= 0.6 is 11.8 Å². The second kappa shape index (κ2) is 8.69. The molecule has 1 heterocycles. The summed E-state index contributed by atoms with van der Waals surface area (Å²) in [6.45, 7) is 4.30. The molecule has 0 aliphatic rings. The molecule has 0 saturated carbocycles. The molecule has 0 radical (unpaired) electrons. The first-order valence-corrected chi connectivity index (χ1v) is 11.7. The first-order valence-electron chi connectivity index (χ1n) is 9.31. The summed E-state index contributed by atoms with van der Waals surface area (Å²) >= 11 is 1.20. The highest BCUT2D eigenvalue weighted by molar-refractivity contribution is 7.99. The first-order chi connectivity index (χ1) is 13.7. The van der Waals surface area contributed by atoms with E-state index in [4.69, 9.17) is 4.42 Å². The van der Waals surface area contributed by atoms with Gasteiger partial charge in [-0.05, 0) is 36.1 Å². The summed E-state index contributed by atoms with van der Waals surface area (Å²) < 4.78 is 31.3. The Morgan fingerprint density at radius 1 is 1.17 bits per heavy atom. The first kappa shape index (κ1) is 21.5. The Labute approximate surface area is 175 Å². The summed E-state index contributed by atoms with van der Waals surface area (Å²) in [6.07, 6.45) is 1.05. The molecule has 0 aliphatic heterocycles. The predicted molar refractivity (Wildman–Crippen MR) is 115 cm³/mol. The second-order valence-electron chi connectivity index (χ2n) is 7.04. The molecule has 8 heteroatoms. The van der Waals surface area contributed by atoms with Crippen LogP contribution in [0.4, 0.5) is 0 Å². The number of Topliss-reactive ketones (excluding diaryl/α,β-unsaturated/α-hetero) is 1. The zero-order valence-corrected chi connectivity index (χ0v) is 18.5. The minimum absolute atomic E-state index is 0.0103. The number of nitrogens with zero attached hydrogens (tertiary/aromatic N) is 2. The Kier molecular flexibility index (Phi) is 6.45. The molecule has 0 amide bonds. The van der Waals surface area contributed by atoms with Crippen LogP contribution < -0.4 is 0 Å². The van der Waals surface area contributed by atoms with Gasteiger partial charge in [-0.25, -0.2) is 17.7 Å². The summed E-state index contributed by atoms with van der Waals surface area (Å²) in [6, 6.07) is 12.3. The van der Waals surface area contributed by atoms with Crippen LogP contribution in [0.25, 0.3) is 11.1 Å². The number of thioether (sulfide) groups is 1. The van der Waals surface area contributed by atoms with Crippen molar-refractivity contribution < 1.29 is 17.6 Å². The lowest BCUT2D eigenvalue weighted by atomic mass is 9.97. The van der Waals surface area contributed by atoms with Gasteiger partial charge in [0, 0.05) is 19.7 Å². The molecule has 1 atom stereocenters. The standard InChI is InChI=1S/C21H24N2O4S2/c1-5-14(2)15-6-8-16(9-7-15)19(24)13-28-21-22-18-12-17(10-11-20(18)27-21)29(25,26)23(3)4/h6-12,14H,5,13H2,1-4H3. The summed E-state index contributed by atoms with van der Waals surface area (Å²) in [5.74, 6) is 0.650. The maximum absolute atomic E-state index is 12.5. The van der Waals surface area contributed by atoms with Gasteiger partial charge in [-0.3, -0.25) is 4.79 Å². The monoisotopic (exact) mass is 432 g/mol. The second-order valence-corrected chi connectivity index (χ2v) is 10.1. The number of hydrogen-bond acceptors (Lipinski definition) is 6. The molecule has 0 saturated heterocycles. The van der Waals surface area contributed by atoms with Crippen molar-refractivity contribution in [3.8, 4) is 0 Å². The van der Waals surface area contributed by atoms with Crippen LogP contribution in [0.1, 0.15) is 42.1 Å². The minimum Gasteiger partial charge on any atom is -0.431 e. The molecule has 154 valence electrons. The normalized spacial score (nSPS) is 13.1. The fourth-order valence-electron chi connectivity index (χ4n) is 2.76. The van der Waals surface area contributed by atoms with Crippen LogP contribution in [-0.2, 0) is 10.0 Å². The molecule has 1 unspecified atom stereocenters. The minimum atomic E-state index is -3.54. The average Bonchev–Trinajstić information content (AvgIpc) is 3.13. The number of oxazole rings is 1. The van der Waals surface area contributed by atoms with Gasteiger partial charge in [-0.2, -0.15) is 0 Å². The quantitative estimate of drug-likeness (QED) is 0.383. The molecule has 0 aliphatic carbocycles. The molecular formula is C21H24N2O4S2. The Morgan fingerprint density at radius 3 is 2.48 bits per heavy atom. The van der Waals surface area contributed by atoms with Crippen molar-refractivity contribution in [3.05, 3.63) is 53.6 Å². The Morgan fingerprint density at radius 2 is 1.86 bits per heavy atom. The third-order valence-electron chi connectivity index (χ3n) is 4.86. The van der Waals surface area contributed by atoms with Crippen LogP contribution in [0, 0.1) is 0 Å². The van der Waals surface area contributed by atoms with Gasteiger partial charge in [0.15, 0.2) is 11.4 Å². The summed E-state index contributed by atoms with van der Waals surface area (Å²) in [4.78, 5) is 16.9. The number of carbonyl (C=O) groups is 1. The van der Waals surface area contributed by atoms with E-state index in [2.05, 4.69) is 18.8 Å². The lowest BCUT2D eigenvalue weighted by Gasteiger charge is -2.10. The maximum Gasteiger partial charge on any atom is 0.257 e. The molecular weight excluding hydrogens is 408 g/mol. The van der Waals surface area contributed by atoms with Crippen molar-refractivity contribution in [3.63, 3.8) is 0 Å². The van der Waals surface area contributed by atoms with Gasteiger partial charge in [-0.15, -0.1) is 0 Å². The molecule has 0 spiro atoms. The summed E-state index contributed by atoms with van der Waals surface area (Å²) in [5.41, 5.74) is 2.80. The van der Waals surface area contributed by atoms with Gasteiger partial charge in [0.25, 0.3) is 5.22 Å². The fraction of sp³-hybridized carbons (Fsp3) is 0.333. The molecule has 6 nitrogen and oxygen atoms in total. The van der Waals surface area contributed by atoms with Crippen LogP contribution in [0.2, 0.25) is 0 Å². The number of sulfonamides is 1. The van der Waals surface area contributed by atoms with E-state index in [-0.39, 0.29) is 16.4 Å². The van der Waals surface area contributed by atoms with Crippen LogP contribution in [0.15, 0.2) is 57.0 Å². The van der Waals surface area contributed by atoms with Crippen LogP contribution in [-0.4, -0.2) is 43.3 Å². The topological polar surface area (TPSA) is 80.5 Å². The number of ketones is 1. The van der Waals surface area contributed by atoms with Crippen LogP contribution in [0.5, 0.6) is 0 Å². The van der Waals surface area contributed by atoms with Crippen molar-refractivity contribution in [1.82, 2.24) is 9.29 Å². The third-order valence-corrected chi connectivity index (χ3v) is 7.50. The zero-order chi connectivity index (χ0) is 21.2. The van der Waals surface area contributed by atoms with Crippen molar-refractivity contribution in [2.24, 2.45) is 0 Å². The number of rotatable bonds is 8. The smallest absolute Gasteiger partial charge is 0.257 e. The summed E-state index contributed by atoms with van der Waals surface area (Å²) in [7, 11) is -0.588. The number of hydrogen-bond donors (Lipinski definition) is 0. The molecule has 1 aromatic heterocycles. The highest BCUT2D eigenvalue weighted by Gasteiger charge is 2.19. The molecule has 0 bridgehead atoms. The fourth-order valence-corrected chi connectivity index (χ4v) is 4.42. The number of carbonyl (C=O) groups excluding carboxylic acids is 1. The largest absolute Gasteiger partial charge is 0.431 e. The van der Waals surface area contributed by atoms with Crippen molar-refractivity contribution in [2.75, 3.05) is 19.8 Å². The number of fused-ring (bicyclic) bond motifs is 1. The van der Waals surface area contributed by atoms with E-state index in [9.17, 15) is 13.2 Å². The van der Waals surface area contributed by atoms with E-state index < -0.39 is 10.0 Å². The number of aromatic nitrogens is 1. The lowest BCUT2D eigenvalue weighted by molar-refractivity contribution is 0.102. The maximum atomic E-state index is 12.5. The van der Waals surface area contributed by atoms with E-state index in [0.29, 0.717) is 27.8 Å². The Balaban J connectivity index is 1.71. The number of benzene rings is 2. The van der Waals surface area contributed by atoms with Gasteiger partial charge in [-0.1, -0.05) is 49.9 Å². The van der Waals surface area contributed by atoms with E-state index in [0.717, 1.165) is 10.7 Å².